The molecule has 1 heterocycles. The van der Waals surface area contributed by atoms with Crippen LogP contribution in [0.4, 0.5) is 11.5 Å². The molecule has 0 aromatic carbocycles. The Morgan fingerprint density at radius 2 is 2.17 bits per heavy atom. The van der Waals surface area contributed by atoms with Gasteiger partial charge in [0.1, 0.15) is 5.69 Å². The second-order valence-electron chi connectivity index (χ2n) is 4.56. The predicted molar refractivity (Wildman–Crippen MR) is 68.7 cm³/mol. The average molecular weight is 256 g/mol. The Bertz CT molecular complexity index is 440. The molecule has 0 amide bonds. The minimum absolute atomic E-state index is 0.0243. The molecule has 0 spiro atoms. The standard InChI is InChI=1S/C11H20N4O3/c1-5-11(4,16)7-12-10-9(15(17)18)8(3)13-14(10)6-2/h12,16H,5-7H2,1-4H3. The van der Waals surface area contributed by atoms with Crippen LogP contribution in [0.5, 0.6) is 0 Å². The van der Waals surface area contributed by atoms with E-state index >= 15 is 0 Å². The van der Waals surface area contributed by atoms with Gasteiger partial charge >= 0.3 is 5.69 Å². The van der Waals surface area contributed by atoms with E-state index in [0.717, 1.165) is 0 Å². The van der Waals surface area contributed by atoms with E-state index < -0.39 is 10.5 Å². The first-order chi connectivity index (χ1) is 8.32. The maximum absolute atomic E-state index is 11.0. The van der Waals surface area contributed by atoms with Crippen molar-refractivity contribution in [3.8, 4) is 0 Å². The van der Waals surface area contributed by atoms with E-state index in [1.165, 1.54) is 0 Å². The lowest BCUT2D eigenvalue weighted by molar-refractivity contribution is -0.384. The summed E-state index contributed by atoms with van der Waals surface area (Å²) in [5.41, 5.74) is -0.547. The second kappa shape index (κ2) is 5.34. The molecule has 1 rings (SSSR count). The first kappa shape index (κ1) is 14.4. The molecule has 7 nitrogen and oxygen atoms in total. The van der Waals surface area contributed by atoms with Crippen LogP contribution in [0.1, 0.15) is 32.9 Å². The number of aromatic nitrogens is 2. The van der Waals surface area contributed by atoms with Crippen LogP contribution in [0.15, 0.2) is 0 Å². The number of nitrogens with zero attached hydrogens (tertiary/aromatic N) is 3. The number of hydrogen-bond acceptors (Lipinski definition) is 5. The lowest BCUT2D eigenvalue weighted by Crippen LogP contribution is -2.33. The summed E-state index contributed by atoms with van der Waals surface area (Å²) in [5, 5.41) is 28.0. The summed E-state index contributed by atoms with van der Waals surface area (Å²) >= 11 is 0. The summed E-state index contributed by atoms with van der Waals surface area (Å²) in [4.78, 5) is 10.6. The molecular formula is C11H20N4O3. The zero-order valence-corrected chi connectivity index (χ0v) is 11.2. The van der Waals surface area contributed by atoms with Crippen LogP contribution in [-0.2, 0) is 6.54 Å². The molecule has 0 aliphatic heterocycles. The number of hydrogen-bond donors (Lipinski definition) is 2. The van der Waals surface area contributed by atoms with Crippen LogP contribution in [0.3, 0.4) is 0 Å². The highest BCUT2D eigenvalue weighted by Gasteiger charge is 2.26. The fourth-order valence-corrected chi connectivity index (χ4v) is 1.59. The smallest absolute Gasteiger partial charge is 0.333 e. The van der Waals surface area contributed by atoms with E-state index in [-0.39, 0.29) is 12.2 Å². The fraction of sp³-hybridized carbons (Fsp3) is 0.727. The molecule has 102 valence electrons. The van der Waals surface area contributed by atoms with Crippen molar-refractivity contribution < 1.29 is 10.0 Å². The Hall–Kier alpha value is -1.63. The van der Waals surface area contributed by atoms with Crippen molar-refractivity contribution in [3.63, 3.8) is 0 Å². The SMILES string of the molecule is CCn1nc(C)c([N+](=O)[O-])c1NCC(C)(O)CC. The fourth-order valence-electron chi connectivity index (χ4n) is 1.59. The van der Waals surface area contributed by atoms with Crippen LogP contribution in [0, 0.1) is 17.0 Å². The van der Waals surface area contributed by atoms with Gasteiger partial charge in [0.25, 0.3) is 0 Å². The summed E-state index contributed by atoms with van der Waals surface area (Å²) in [6.07, 6.45) is 0.563. The Kier molecular flexibility index (Phi) is 4.28. The number of nitro groups is 1. The van der Waals surface area contributed by atoms with Crippen LogP contribution in [0.2, 0.25) is 0 Å². The van der Waals surface area contributed by atoms with Gasteiger partial charge in [-0.3, -0.25) is 10.1 Å². The van der Waals surface area contributed by atoms with Gasteiger partial charge < -0.3 is 10.4 Å². The molecule has 0 saturated carbocycles. The first-order valence-corrected chi connectivity index (χ1v) is 6.00. The van der Waals surface area contributed by atoms with Crippen LogP contribution in [-0.4, -0.2) is 32.0 Å². The number of rotatable bonds is 6. The van der Waals surface area contributed by atoms with Gasteiger partial charge in [-0.25, -0.2) is 4.68 Å². The largest absolute Gasteiger partial charge is 0.388 e. The van der Waals surface area contributed by atoms with E-state index in [9.17, 15) is 15.2 Å². The highest BCUT2D eigenvalue weighted by molar-refractivity contribution is 5.59. The van der Waals surface area contributed by atoms with E-state index in [0.29, 0.717) is 24.5 Å². The number of aliphatic hydroxyl groups is 1. The molecule has 1 aromatic heterocycles. The van der Waals surface area contributed by atoms with Gasteiger partial charge in [-0.05, 0) is 27.2 Å². The van der Waals surface area contributed by atoms with E-state index in [2.05, 4.69) is 10.4 Å². The Labute approximate surface area is 106 Å². The normalized spacial score (nSPS) is 14.3. The molecule has 0 radical (unpaired) electrons. The molecular weight excluding hydrogens is 236 g/mol. The topological polar surface area (TPSA) is 93.2 Å². The maximum Gasteiger partial charge on any atom is 0.333 e. The molecule has 1 atom stereocenters. The highest BCUT2D eigenvalue weighted by Crippen LogP contribution is 2.28. The monoisotopic (exact) mass is 256 g/mol. The predicted octanol–water partition coefficient (Wildman–Crippen LogP) is 1.69. The summed E-state index contributed by atoms with van der Waals surface area (Å²) < 4.78 is 1.54. The van der Waals surface area contributed by atoms with Crippen LogP contribution < -0.4 is 5.32 Å². The Balaban J connectivity index is 3.03. The molecule has 2 N–H and O–H groups in total. The minimum Gasteiger partial charge on any atom is -0.388 e. The number of anilines is 1. The first-order valence-electron chi connectivity index (χ1n) is 6.00. The van der Waals surface area contributed by atoms with Crippen molar-refractivity contribution >= 4 is 11.5 Å². The van der Waals surface area contributed by atoms with Gasteiger partial charge in [-0.15, -0.1) is 0 Å². The molecule has 7 heteroatoms. The lowest BCUT2D eigenvalue weighted by atomic mass is 10.0. The van der Waals surface area contributed by atoms with Gasteiger partial charge in [0, 0.05) is 13.1 Å². The molecule has 1 unspecified atom stereocenters. The highest BCUT2D eigenvalue weighted by atomic mass is 16.6. The quantitative estimate of drug-likeness (QED) is 0.596. The summed E-state index contributed by atoms with van der Waals surface area (Å²) in [5.74, 6) is 0.355. The van der Waals surface area contributed by atoms with Crippen molar-refractivity contribution in [1.29, 1.82) is 0 Å². The lowest BCUT2D eigenvalue weighted by Gasteiger charge is -2.22. The Morgan fingerprint density at radius 1 is 1.56 bits per heavy atom. The second-order valence-corrected chi connectivity index (χ2v) is 4.56. The van der Waals surface area contributed by atoms with E-state index in [4.69, 9.17) is 0 Å². The van der Waals surface area contributed by atoms with Gasteiger partial charge in [-0.2, -0.15) is 5.10 Å². The van der Waals surface area contributed by atoms with Gasteiger partial charge in [0.05, 0.1) is 10.5 Å². The van der Waals surface area contributed by atoms with Crippen molar-refractivity contribution in [1.82, 2.24) is 9.78 Å². The summed E-state index contributed by atoms with van der Waals surface area (Å²) in [6, 6.07) is 0. The third-order valence-corrected chi connectivity index (χ3v) is 2.98. The molecule has 1 aromatic rings. The van der Waals surface area contributed by atoms with Crippen molar-refractivity contribution in [2.24, 2.45) is 0 Å². The van der Waals surface area contributed by atoms with E-state index in [1.54, 1.807) is 18.5 Å². The van der Waals surface area contributed by atoms with Gasteiger partial charge in [-0.1, -0.05) is 6.92 Å². The zero-order chi connectivity index (χ0) is 13.9. The zero-order valence-electron chi connectivity index (χ0n) is 11.2. The molecule has 0 bridgehead atoms. The van der Waals surface area contributed by atoms with Crippen molar-refractivity contribution in [2.45, 2.75) is 46.3 Å². The van der Waals surface area contributed by atoms with Crippen molar-refractivity contribution in [3.05, 3.63) is 15.8 Å². The maximum atomic E-state index is 11.0. The average Bonchev–Trinajstić information content (AvgIpc) is 2.63. The molecule has 18 heavy (non-hydrogen) atoms. The van der Waals surface area contributed by atoms with Gasteiger partial charge in [0.2, 0.25) is 5.82 Å². The third kappa shape index (κ3) is 2.98. The summed E-state index contributed by atoms with van der Waals surface area (Å²) in [7, 11) is 0. The molecule has 0 aliphatic rings. The minimum atomic E-state index is -0.898. The van der Waals surface area contributed by atoms with Crippen LogP contribution in [0.25, 0.3) is 0 Å². The van der Waals surface area contributed by atoms with E-state index in [1.807, 2.05) is 13.8 Å². The van der Waals surface area contributed by atoms with Gasteiger partial charge in [0.15, 0.2) is 0 Å². The Morgan fingerprint density at radius 3 is 2.61 bits per heavy atom. The summed E-state index contributed by atoms with van der Waals surface area (Å²) in [6.45, 7) is 7.79. The van der Waals surface area contributed by atoms with Crippen LogP contribution >= 0.6 is 0 Å². The van der Waals surface area contributed by atoms with Crippen molar-refractivity contribution in [2.75, 3.05) is 11.9 Å². The number of aryl methyl sites for hydroxylation is 2. The molecule has 0 fully saturated rings. The molecule has 0 saturated heterocycles. The molecule has 0 aliphatic carbocycles. The third-order valence-electron chi connectivity index (χ3n) is 2.98. The number of nitrogens with one attached hydrogen (secondary N) is 1.